The third-order valence-corrected chi connectivity index (χ3v) is 2.02. The van der Waals surface area contributed by atoms with Crippen molar-refractivity contribution in [3.05, 3.63) is 35.6 Å². The Kier molecular flexibility index (Phi) is 2.99. The number of aromatic carboxylic acids is 1. The lowest BCUT2D eigenvalue weighted by molar-refractivity contribution is 0.0697. The Morgan fingerprint density at radius 3 is 3.06 bits per heavy atom. The molecule has 0 aliphatic rings. The summed E-state index contributed by atoms with van der Waals surface area (Å²) >= 11 is 0. The lowest BCUT2D eigenvalue weighted by atomic mass is 10.2. The van der Waals surface area contributed by atoms with Gasteiger partial charge < -0.3 is 14.9 Å². The van der Waals surface area contributed by atoms with Crippen molar-refractivity contribution in [1.29, 1.82) is 0 Å². The van der Waals surface area contributed by atoms with E-state index in [1.807, 2.05) is 0 Å². The van der Waals surface area contributed by atoms with Crippen molar-refractivity contribution in [3.8, 4) is 0 Å². The maximum absolute atomic E-state index is 10.9. The van der Waals surface area contributed by atoms with Crippen LogP contribution in [0.4, 0.5) is 5.82 Å². The van der Waals surface area contributed by atoms with Crippen LogP contribution >= 0.6 is 0 Å². The standard InChI is InChI=1S/C10H10N4O3/c1-6-13-8(14-17-6)5-12-9-7(10(15)16)3-2-4-11-9/h2-4H,5H2,1H3,(H,11,12)(H,15,16). The third kappa shape index (κ3) is 2.57. The van der Waals surface area contributed by atoms with Gasteiger partial charge in [-0.05, 0) is 12.1 Å². The predicted molar refractivity (Wildman–Crippen MR) is 57.6 cm³/mol. The molecule has 0 spiro atoms. The molecule has 17 heavy (non-hydrogen) atoms. The Balaban J connectivity index is 2.11. The van der Waals surface area contributed by atoms with Crippen LogP contribution in [0.25, 0.3) is 0 Å². The monoisotopic (exact) mass is 234 g/mol. The molecular formula is C10H10N4O3. The van der Waals surface area contributed by atoms with Crippen LogP contribution in [0.1, 0.15) is 22.1 Å². The molecule has 2 N–H and O–H groups in total. The second-order valence-corrected chi connectivity index (χ2v) is 3.29. The molecule has 88 valence electrons. The predicted octanol–water partition coefficient (Wildman–Crippen LogP) is 1.08. The van der Waals surface area contributed by atoms with Gasteiger partial charge in [0.2, 0.25) is 5.89 Å². The van der Waals surface area contributed by atoms with E-state index in [2.05, 4.69) is 20.4 Å². The fourth-order valence-corrected chi connectivity index (χ4v) is 1.29. The summed E-state index contributed by atoms with van der Waals surface area (Å²) in [4.78, 5) is 18.8. The summed E-state index contributed by atoms with van der Waals surface area (Å²) in [6.07, 6.45) is 1.51. The summed E-state index contributed by atoms with van der Waals surface area (Å²) in [5.41, 5.74) is 0.104. The molecule has 2 rings (SSSR count). The summed E-state index contributed by atoms with van der Waals surface area (Å²) in [7, 11) is 0. The van der Waals surface area contributed by atoms with Gasteiger partial charge in [-0.2, -0.15) is 4.98 Å². The first-order valence-corrected chi connectivity index (χ1v) is 4.88. The van der Waals surface area contributed by atoms with Crippen molar-refractivity contribution in [2.45, 2.75) is 13.5 Å². The van der Waals surface area contributed by atoms with Gasteiger partial charge in [0, 0.05) is 13.1 Å². The maximum atomic E-state index is 10.9. The van der Waals surface area contributed by atoms with E-state index in [9.17, 15) is 4.79 Å². The first-order chi connectivity index (χ1) is 8.16. The average molecular weight is 234 g/mol. The molecule has 0 aromatic carbocycles. The van der Waals surface area contributed by atoms with E-state index < -0.39 is 5.97 Å². The number of anilines is 1. The highest BCUT2D eigenvalue weighted by atomic mass is 16.5. The summed E-state index contributed by atoms with van der Waals surface area (Å²) in [6, 6.07) is 3.03. The van der Waals surface area contributed by atoms with Gasteiger partial charge in [0.1, 0.15) is 11.4 Å². The zero-order valence-electron chi connectivity index (χ0n) is 9.04. The van der Waals surface area contributed by atoms with Crippen molar-refractivity contribution in [2.75, 3.05) is 5.32 Å². The largest absolute Gasteiger partial charge is 0.478 e. The summed E-state index contributed by atoms with van der Waals surface area (Å²) < 4.78 is 4.79. The van der Waals surface area contributed by atoms with Crippen LogP contribution in [0.3, 0.4) is 0 Å². The number of pyridine rings is 1. The molecule has 7 heteroatoms. The Labute approximate surface area is 96.5 Å². The molecule has 0 bridgehead atoms. The minimum atomic E-state index is -1.04. The van der Waals surface area contributed by atoms with Crippen LogP contribution < -0.4 is 5.32 Å². The minimum Gasteiger partial charge on any atom is -0.478 e. The van der Waals surface area contributed by atoms with Crippen molar-refractivity contribution in [3.63, 3.8) is 0 Å². The van der Waals surface area contributed by atoms with Gasteiger partial charge in [0.25, 0.3) is 0 Å². The first-order valence-electron chi connectivity index (χ1n) is 4.88. The van der Waals surface area contributed by atoms with E-state index >= 15 is 0 Å². The number of nitrogens with one attached hydrogen (secondary N) is 1. The highest BCUT2D eigenvalue weighted by molar-refractivity contribution is 5.92. The van der Waals surface area contributed by atoms with E-state index in [1.165, 1.54) is 12.3 Å². The number of hydrogen-bond donors (Lipinski definition) is 2. The van der Waals surface area contributed by atoms with Gasteiger partial charge >= 0.3 is 5.97 Å². The molecule has 2 aromatic heterocycles. The van der Waals surface area contributed by atoms with Crippen LogP contribution in [0.2, 0.25) is 0 Å². The topological polar surface area (TPSA) is 101 Å². The Morgan fingerprint density at radius 1 is 1.59 bits per heavy atom. The lowest BCUT2D eigenvalue weighted by Crippen LogP contribution is -2.08. The number of rotatable bonds is 4. The van der Waals surface area contributed by atoms with E-state index in [1.54, 1.807) is 13.0 Å². The molecule has 2 heterocycles. The van der Waals surface area contributed by atoms with E-state index in [0.717, 1.165) is 0 Å². The second kappa shape index (κ2) is 4.60. The normalized spacial score (nSPS) is 10.2. The van der Waals surface area contributed by atoms with Gasteiger partial charge in [0.15, 0.2) is 5.82 Å². The molecule has 0 aliphatic carbocycles. The van der Waals surface area contributed by atoms with Crippen LogP contribution in [-0.4, -0.2) is 26.2 Å². The molecule has 0 saturated carbocycles. The van der Waals surface area contributed by atoms with Crippen molar-refractivity contribution in [1.82, 2.24) is 15.1 Å². The molecule has 0 aliphatic heterocycles. The van der Waals surface area contributed by atoms with Crippen LogP contribution in [0.5, 0.6) is 0 Å². The van der Waals surface area contributed by atoms with Gasteiger partial charge in [-0.25, -0.2) is 9.78 Å². The second-order valence-electron chi connectivity index (χ2n) is 3.29. The number of aromatic nitrogens is 3. The molecule has 0 amide bonds. The fraction of sp³-hybridized carbons (Fsp3) is 0.200. The number of hydrogen-bond acceptors (Lipinski definition) is 6. The Morgan fingerprint density at radius 2 is 2.41 bits per heavy atom. The molecule has 7 nitrogen and oxygen atoms in total. The van der Waals surface area contributed by atoms with Gasteiger partial charge in [-0.3, -0.25) is 0 Å². The quantitative estimate of drug-likeness (QED) is 0.816. The molecule has 0 fully saturated rings. The molecule has 0 radical (unpaired) electrons. The molecule has 0 atom stereocenters. The molecule has 0 unspecified atom stereocenters. The smallest absolute Gasteiger partial charge is 0.339 e. The zero-order valence-corrected chi connectivity index (χ0v) is 9.04. The maximum Gasteiger partial charge on any atom is 0.339 e. The number of nitrogens with zero attached hydrogens (tertiary/aromatic N) is 3. The summed E-state index contributed by atoms with van der Waals surface area (Å²) in [5.74, 6) is 0.151. The third-order valence-electron chi connectivity index (χ3n) is 2.02. The average Bonchev–Trinajstić information content (AvgIpc) is 2.73. The highest BCUT2D eigenvalue weighted by Gasteiger charge is 2.11. The summed E-state index contributed by atoms with van der Waals surface area (Å²) in [6.45, 7) is 1.94. The number of carboxylic acid groups (broad SMARTS) is 1. The SMILES string of the molecule is Cc1nc(CNc2ncccc2C(=O)O)no1. The lowest BCUT2D eigenvalue weighted by Gasteiger charge is -2.05. The highest BCUT2D eigenvalue weighted by Crippen LogP contribution is 2.11. The van der Waals surface area contributed by atoms with Gasteiger partial charge in [-0.1, -0.05) is 5.16 Å². The first kappa shape index (κ1) is 11.1. The molecule has 0 saturated heterocycles. The van der Waals surface area contributed by atoms with E-state index in [-0.39, 0.29) is 17.9 Å². The number of carbonyl (C=O) groups is 1. The number of aryl methyl sites for hydroxylation is 1. The Bertz CT molecular complexity index is 538. The van der Waals surface area contributed by atoms with Crippen LogP contribution in [0, 0.1) is 6.92 Å². The van der Waals surface area contributed by atoms with Crippen LogP contribution in [0.15, 0.2) is 22.9 Å². The number of carboxylic acids is 1. The van der Waals surface area contributed by atoms with Gasteiger partial charge in [-0.15, -0.1) is 0 Å². The van der Waals surface area contributed by atoms with E-state index in [4.69, 9.17) is 9.63 Å². The molecular weight excluding hydrogens is 224 g/mol. The van der Waals surface area contributed by atoms with Crippen molar-refractivity contribution in [2.24, 2.45) is 0 Å². The van der Waals surface area contributed by atoms with Crippen molar-refractivity contribution < 1.29 is 14.4 Å². The minimum absolute atomic E-state index is 0.104. The van der Waals surface area contributed by atoms with Crippen LogP contribution in [-0.2, 0) is 6.54 Å². The molecule has 2 aromatic rings. The Hall–Kier alpha value is -2.44. The summed E-state index contributed by atoms with van der Waals surface area (Å²) in [5, 5.41) is 15.5. The fourth-order valence-electron chi connectivity index (χ4n) is 1.29. The van der Waals surface area contributed by atoms with Gasteiger partial charge in [0.05, 0.1) is 6.54 Å². The van der Waals surface area contributed by atoms with E-state index in [0.29, 0.717) is 11.7 Å². The zero-order chi connectivity index (χ0) is 12.3. The van der Waals surface area contributed by atoms with Crippen molar-refractivity contribution >= 4 is 11.8 Å².